The van der Waals surface area contributed by atoms with E-state index in [1.807, 2.05) is 53.4 Å². The van der Waals surface area contributed by atoms with Crippen LogP contribution in [0, 0.1) is 0 Å². The quantitative estimate of drug-likeness (QED) is 0.322. The van der Waals surface area contributed by atoms with Crippen molar-refractivity contribution in [1.82, 2.24) is 19.9 Å². The lowest BCUT2D eigenvalue weighted by Gasteiger charge is -2.20. The highest BCUT2D eigenvalue weighted by Gasteiger charge is 2.19. The number of hydrogen-bond acceptors (Lipinski definition) is 7. The Balaban J connectivity index is 1.35. The van der Waals surface area contributed by atoms with E-state index < -0.39 is 10.0 Å². The van der Waals surface area contributed by atoms with E-state index in [0.29, 0.717) is 35.2 Å². The van der Waals surface area contributed by atoms with Gasteiger partial charge in [-0.1, -0.05) is 18.2 Å². The van der Waals surface area contributed by atoms with E-state index in [4.69, 9.17) is 0 Å². The van der Waals surface area contributed by atoms with Gasteiger partial charge in [0.1, 0.15) is 11.5 Å². The molecular weight excluding hydrogens is 490 g/mol. The van der Waals surface area contributed by atoms with Gasteiger partial charge >= 0.3 is 0 Å². The van der Waals surface area contributed by atoms with Gasteiger partial charge in [0, 0.05) is 44.1 Å². The number of anilines is 4. The number of rotatable bonds is 8. The molecule has 1 fully saturated rings. The first-order chi connectivity index (χ1) is 17.8. The van der Waals surface area contributed by atoms with E-state index in [-0.39, 0.29) is 5.91 Å². The number of sulfonamides is 1. The highest BCUT2D eigenvalue weighted by Crippen LogP contribution is 2.26. The molecule has 2 aromatic carbocycles. The van der Waals surface area contributed by atoms with Gasteiger partial charge in [-0.2, -0.15) is 9.97 Å². The zero-order valence-electron chi connectivity index (χ0n) is 20.7. The number of fused-ring (bicyclic) bond motifs is 1. The van der Waals surface area contributed by atoms with Gasteiger partial charge in [-0.25, -0.2) is 8.42 Å². The van der Waals surface area contributed by atoms with E-state index in [0.717, 1.165) is 42.6 Å². The predicted octanol–water partition coefficient (Wildman–Crippen LogP) is 3.95. The minimum Gasteiger partial charge on any atom is -0.365 e. The van der Waals surface area contributed by atoms with Crippen LogP contribution in [0.15, 0.2) is 60.8 Å². The highest BCUT2D eigenvalue weighted by molar-refractivity contribution is 7.92. The summed E-state index contributed by atoms with van der Waals surface area (Å²) in [6.07, 6.45) is 5.08. The van der Waals surface area contributed by atoms with Crippen molar-refractivity contribution in [2.24, 2.45) is 0 Å². The molecule has 0 aliphatic carbocycles. The fourth-order valence-corrected chi connectivity index (χ4v) is 4.92. The first kappa shape index (κ1) is 24.6. The van der Waals surface area contributed by atoms with Gasteiger partial charge in [0.25, 0.3) is 5.91 Å². The van der Waals surface area contributed by atoms with Gasteiger partial charge in [-0.05, 0) is 54.8 Å². The van der Waals surface area contributed by atoms with E-state index in [2.05, 4.69) is 25.6 Å². The molecule has 0 unspecified atom stereocenters. The Bertz CT molecular complexity index is 1530. The standard InChI is InChI=1S/C26H29N7O3S/c1-32(37(2,35)36)22-8-4-3-7-19(22)17-28-24-21-13-14-27-23(21)30-26(31-24)29-20-11-9-18(10-12-20)25(34)33-15-5-6-16-33/h3-4,7-14H,5-6,15-17H2,1-2H3,(H3,27,28,29,30,31). The Kier molecular flexibility index (Phi) is 6.70. The van der Waals surface area contributed by atoms with Crippen molar-refractivity contribution >= 4 is 50.1 Å². The molecule has 10 nitrogen and oxygen atoms in total. The van der Waals surface area contributed by atoms with Gasteiger partial charge in [-0.3, -0.25) is 9.10 Å². The Morgan fingerprint density at radius 1 is 1.05 bits per heavy atom. The molecule has 3 N–H and O–H groups in total. The molecule has 3 heterocycles. The third-order valence-electron chi connectivity index (χ3n) is 6.47. The molecule has 5 rings (SSSR count). The molecule has 4 aromatic rings. The van der Waals surface area contributed by atoms with Crippen LogP contribution in [0.1, 0.15) is 28.8 Å². The normalized spacial score (nSPS) is 13.6. The largest absolute Gasteiger partial charge is 0.365 e. The number of para-hydroxylation sites is 1. The van der Waals surface area contributed by atoms with Crippen molar-refractivity contribution in [3.8, 4) is 0 Å². The summed E-state index contributed by atoms with van der Waals surface area (Å²) in [5, 5.41) is 7.36. The first-order valence-corrected chi connectivity index (χ1v) is 13.9. The summed E-state index contributed by atoms with van der Waals surface area (Å²) >= 11 is 0. The number of aromatic amines is 1. The van der Waals surface area contributed by atoms with Crippen molar-refractivity contribution in [3.63, 3.8) is 0 Å². The van der Waals surface area contributed by atoms with Crippen LogP contribution in [0.4, 0.5) is 23.1 Å². The molecular formula is C26H29N7O3S. The van der Waals surface area contributed by atoms with Gasteiger partial charge in [0.15, 0.2) is 0 Å². The fourth-order valence-electron chi connectivity index (χ4n) is 4.39. The maximum absolute atomic E-state index is 12.6. The van der Waals surface area contributed by atoms with Crippen LogP contribution in [-0.2, 0) is 16.6 Å². The molecule has 1 saturated heterocycles. The van der Waals surface area contributed by atoms with Crippen molar-refractivity contribution in [1.29, 1.82) is 0 Å². The Morgan fingerprint density at radius 2 is 1.78 bits per heavy atom. The van der Waals surface area contributed by atoms with Crippen LogP contribution in [0.25, 0.3) is 11.0 Å². The lowest BCUT2D eigenvalue weighted by atomic mass is 10.1. The maximum Gasteiger partial charge on any atom is 0.253 e. The Labute approximate surface area is 215 Å². The van der Waals surface area contributed by atoms with Gasteiger partial charge in [-0.15, -0.1) is 0 Å². The molecule has 2 aromatic heterocycles. The number of nitrogens with one attached hydrogen (secondary N) is 3. The minimum atomic E-state index is -3.40. The number of carbonyl (C=O) groups is 1. The third kappa shape index (κ3) is 5.36. The summed E-state index contributed by atoms with van der Waals surface area (Å²) in [5.41, 5.74) is 3.48. The second-order valence-corrected chi connectivity index (χ2v) is 11.1. The smallest absolute Gasteiger partial charge is 0.253 e. The van der Waals surface area contributed by atoms with Crippen LogP contribution in [0.3, 0.4) is 0 Å². The van der Waals surface area contributed by atoms with E-state index in [1.54, 1.807) is 12.3 Å². The summed E-state index contributed by atoms with van der Waals surface area (Å²) < 4.78 is 25.5. The minimum absolute atomic E-state index is 0.0568. The van der Waals surface area contributed by atoms with Crippen molar-refractivity contribution < 1.29 is 13.2 Å². The molecule has 11 heteroatoms. The number of aromatic nitrogens is 3. The third-order valence-corrected chi connectivity index (χ3v) is 7.66. The SMILES string of the molecule is CN(c1ccccc1CNc1nc(Nc2ccc(C(=O)N3CCCC3)cc2)nc2[nH]ccc12)S(C)(=O)=O. The topological polar surface area (TPSA) is 123 Å². The molecule has 1 aliphatic rings. The van der Waals surface area contributed by atoms with Gasteiger partial charge in [0.05, 0.1) is 17.3 Å². The number of benzene rings is 2. The number of carbonyl (C=O) groups excluding carboxylic acids is 1. The molecule has 192 valence electrons. The predicted molar refractivity (Wildman–Crippen MR) is 146 cm³/mol. The lowest BCUT2D eigenvalue weighted by molar-refractivity contribution is 0.0793. The maximum atomic E-state index is 12.6. The monoisotopic (exact) mass is 519 g/mol. The molecule has 1 aliphatic heterocycles. The van der Waals surface area contributed by atoms with E-state index in [1.165, 1.54) is 17.6 Å². The van der Waals surface area contributed by atoms with Gasteiger partial charge < -0.3 is 20.5 Å². The molecule has 37 heavy (non-hydrogen) atoms. The van der Waals surface area contributed by atoms with E-state index >= 15 is 0 Å². The number of H-pyrrole nitrogens is 1. The second kappa shape index (κ2) is 10.1. The second-order valence-electron chi connectivity index (χ2n) is 9.05. The lowest BCUT2D eigenvalue weighted by Crippen LogP contribution is -2.27. The van der Waals surface area contributed by atoms with Crippen LogP contribution in [0.2, 0.25) is 0 Å². The summed E-state index contributed by atoms with van der Waals surface area (Å²) in [5.74, 6) is 1.05. The van der Waals surface area contributed by atoms with Crippen molar-refractivity contribution in [2.45, 2.75) is 19.4 Å². The van der Waals surface area contributed by atoms with Crippen molar-refractivity contribution in [2.75, 3.05) is 41.3 Å². The van der Waals surface area contributed by atoms with Gasteiger partial charge in [0.2, 0.25) is 16.0 Å². The molecule has 0 spiro atoms. The average Bonchev–Trinajstić information content (AvgIpc) is 3.59. The number of nitrogens with zero attached hydrogens (tertiary/aromatic N) is 4. The summed E-state index contributed by atoms with van der Waals surface area (Å²) in [7, 11) is -1.86. The zero-order valence-corrected chi connectivity index (χ0v) is 21.5. The summed E-state index contributed by atoms with van der Waals surface area (Å²) in [6.45, 7) is 1.99. The molecule has 0 bridgehead atoms. The van der Waals surface area contributed by atoms with Crippen LogP contribution < -0.4 is 14.9 Å². The summed E-state index contributed by atoms with van der Waals surface area (Å²) in [4.78, 5) is 26.9. The highest BCUT2D eigenvalue weighted by atomic mass is 32.2. The number of amides is 1. The summed E-state index contributed by atoms with van der Waals surface area (Å²) in [6, 6.07) is 16.5. The molecule has 0 atom stereocenters. The Morgan fingerprint density at radius 3 is 2.51 bits per heavy atom. The van der Waals surface area contributed by atoms with Crippen LogP contribution >= 0.6 is 0 Å². The van der Waals surface area contributed by atoms with Crippen molar-refractivity contribution in [3.05, 3.63) is 71.9 Å². The van der Waals surface area contributed by atoms with Crippen LogP contribution in [-0.4, -0.2) is 60.6 Å². The van der Waals surface area contributed by atoms with Crippen LogP contribution in [0.5, 0.6) is 0 Å². The number of hydrogen-bond donors (Lipinski definition) is 3. The molecule has 0 saturated carbocycles. The number of likely N-dealkylation sites (tertiary alicyclic amines) is 1. The van der Waals surface area contributed by atoms with E-state index in [9.17, 15) is 13.2 Å². The zero-order chi connectivity index (χ0) is 26.0. The fraction of sp³-hybridized carbons (Fsp3) is 0.269. The average molecular weight is 520 g/mol. The Hall–Kier alpha value is -4.12. The molecule has 1 amide bonds. The molecule has 0 radical (unpaired) electrons. The first-order valence-electron chi connectivity index (χ1n) is 12.1.